The zero-order chi connectivity index (χ0) is 37.6. The number of alkyl halides is 10. The van der Waals surface area contributed by atoms with E-state index in [1.54, 1.807) is 0 Å². The van der Waals surface area contributed by atoms with Crippen LogP contribution in [0.2, 0.25) is 0 Å². The van der Waals surface area contributed by atoms with E-state index in [0.29, 0.717) is 12.1 Å². The second-order valence-corrected chi connectivity index (χ2v) is 12.6. The van der Waals surface area contributed by atoms with E-state index in [1.165, 1.54) is 54.6 Å². The van der Waals surface area contributed by atoms with Gasteiger partial charge < -0.3 is 9.47 Å². The van der Waals surface area contributed by atoms with Crippen LogP contribution >= 0.6 is 0 Å². The highest BCUT2D eigenvalue weighted by atomic mass is 32.2. The van der Waals surface area contributed by atoms with Gasteiger partial charge in [-0.15, -0.1) is 0 Å². The highest BCUT2D eigenvalue weighted by molar-refractivity contribution is 7.86. The SMILES string of the molecule is O=S(=O)(O)c1ccccc1C(F)(F)C(F)C(F)(F)Oc1ccccc1.O=S(=O)(OC(F)(F)C(F)C(F)(F)Oc1ccccc1)c1ccccc1. The summed E-state index contributed by atoms with van der Waals surface area (Å²) in [4.78, 5) is -2.12. The van der Waals surface area contributed by atoms with Crippen molar-refractivity contribution in [2.75, 3.05) is 0 Å². The minimum absolute atomic E-state index is 0.425. The van der Waals surface area contributed by atoms with Crippen molar-refractivity contribution in [2.24, 2.45) is 0 Å². The summed E-state index contributed by atoms with van der Waals surface area (Å²) in [6.07, 6.45) is -24.0. The Morgan fingerprint density at radius 2 is 0.900 bits per heavy atom. The topological polar surface area (TPSA) is 116 Å². The smallest absolute Gasteiger partial charge is 0.430 e. The Bertz CT molecular complexity index is 1920. The Hall–Kier alpha value is -4.40. The lowest BCUT2D eigenvalue weighted by Gasteiger charge is -2.28. The van der Waals surface area contributed by atoms with E-state index in [0.717, 1.165) is 48.5 Å². The molecule has 0 heterocycles. The fraction of sp³-hybridized carbons (Fsp3) is 0.200. The number of para-hydroxylation sites is 2. The summed E-state index contributed by atoms with van der Waals surface area (Å²) in [6, 6.07) is 20.3. The average molecular weight is 765 g/mol. The molecule has 2 unspecified atom stereocenters. The van der Waals surface area contributed by atoms with Crippen molar-refractivity contribution in [3.05, 3.63) is 121 Å². The molecule has 0 fully saturated rings. The molecule has 8 nitrogen and oxygen atoms in total. The van der Waals surface area contributed by atoms with Crippen molar-refractivity contribution in [2.45, 2.75) is 46.4 Å². The molecule has 0 saturated heterocycles. The molecule has 20 heteroatoms. The Morgan fingerprint density at radius 3 is 1.34 bits per heavy atom. The average Bonchev–Trinajstić information content (AvgIpc) is 3.04. The number of hydrogen-bond acceptors (Lipinski definition) is 7. The van der Waals surface area contributed by atoms with Crippen LogP contribution in [0.25, 0.3) is 0 Å². The predicted molar refractivity (Wildman–Crippen MR) is 154 cm³/mol. The molecule has 50 heavy (non-hydrogen) atoms. The lowest BCUT2D eigenvalue weighted by atomic mass is 10.0. The standard InChI is InChI=1S/2C15H11F5O4S/c16-13(14(17,18)23-11-7-3-1-4-8-11)15(19,20)24-25(21,22)12-9-5-2-6-10-12;16-13(15(19,20)24-10-6-2-1-3-7-10)14(17,18)11-8-4-5-9-12(11)25(21,22)23/h1-10,13H;1-9,13H,(H,21,22,23). The summed E-state index contributed by atoms with van der Waals surface area (Å²) in [6.45, 7) is 0. The van der Waals surface area contributed by atoms with Gasteiger partial charge in [0.05, 0.1) is 4.90 Å². The fourth-order valence-electron chi connectivity index (χ4n) is 3.73. The molecule has 0 spiro atoms. The Balaban J connectivity index is 0.000000270. The van der Waals surface area contributed by atoms with Gasteiger partial charge in [0.25, 0.3) is 22.5 Å². The van der Waals surface area contributed by atoms with E-state index in [2.05, 4.69) is 13.7 Å². The van der Waals surface area contributed by atoms with Gasteiger partial charge in [-0.3, -0.25) is 4.55 Å². The van der Waals surface area contributed by atoms with E-state index in [4.69, 9.17) is 4.55 Å². The number of hydrogen-bond donors (Lipinski definition) is 1. The molecule has 272 valence electrons. The highest BCUT2D eigenvalue weighted by Crippen LogP contribution is 2.44. The number of halogens is 10. The molecule has 4 aromatic rings. The Kier molecular flexibility index (Phi) is 12.2. The first-order valence-electron chi connectivity index (χ1n) is 13.4. The van der Waals surface area contributed by atoms with Crippen molar-refractivity contribution in [3.63, 3.8) is 0 Å². The van der Waals surface area contributed by atoms with Gasteiger partial charge in [-0.2, -0.15) is 56.1 Å². The molecule has 0 saturated carbocycles. The summed E-state index contributed by atoms with van der Waals surface area (Å²) in [5.41, 5.74) is -1.61. The van der Waals surface area contributed by atoms with Crippen molar-refractivity contribution in [1.29, 1.82) is 0 Å². The van der Waals surface area contributed by atoms with Crippen LogP contribution in [0.4, 0.5) is 43.9 Å². The minimum Gasteiger partial charge on any atom is -0.430 e. The van der Waals surface area contributed by atoms with Crippen LogP contribution in [0.3, 0.4) is 0 Å². The number of rotatable bonds is 13. The first-order valence-corrected chi connectivity index (χ1v) is 16.2. The maximum absolute atomic E-state index is 14.2. The van der Waals surface area contributed by atoms with E-state index in [9.17, 15) is 60.7 Å². The number of ether oxygens (including phenoxy) is 2. The normalized spacial score (nSPS) is 14.1. The molecule has 2 atom stereocenters. The largest absolute Gasteiger partial charge is 0.438 e. The van der Waals surface area contributed by atoms with Gasteiger partial charge in [0, 0.05) is 5.56 Å². The van der Waals surface area contributed by atoms with Crippen molar-refractivity contribution in [3.8, 4) is 11.5 Å². The minimum atomic E-state index is -5.37. The lowest BCUT2D eigenvalue weighted by Crippen LogP contribution is -2.49. The van der Waals surface area contributed by atoms with E-state index >= 15 is 0 Å². The maximum atomic E-state index is 14.2. The quantitative estimate of drug-likeness (QED) is 0.0827. The second-order valence-electron chi connectivity index (χ2n) is 9.69. The van der Waals surface area contributed by atoms with Gasteiger partial charge in [-0.25, -0.2) is 8.78 Å². The van der Waals surface area contributed by atoms with E-state index < -0.39 is 83.7 Å². The van der Waals surface area contributed by atoms with Gasteiger partial charge in [0.1, 0.15) is 16.4 Å². The highest BCUT2D eigenvalue weighted by Gasteiger charge is 2.62. The predicted octanol–water partition coefficient (Wildman–Crippen LogP) is 8.03. The van der Waals surface area contributed by atoms with Gasteiger partial charge in [-0.1, -0.05) is 72.8 Å². The Morgan fingerprint density at radius 1 is 0.520 bits per heavy atom. The molecule has 0 amide bonds. The van der Waals surface area contributed by atoms with Crippen LogP contribution in [0.15, 0.2) is 125 Å². The molecule has 0 radical (unpaired) electrons. The van der Waals surface area contributed by atoms with Gasteiger partial charge in [0.2, 0.25) is 0 Å². The summed E-state index contributed by atoms with van der Waals surface area (Å²) in [7, 11) is -10.4. The number of benzene rings is 4. The van der Waals surface area contributed by atoms with Crippen LogP contribution < -0.4 is 9.47 Å². The summed E-state index contributed by atoms with van der Waals surface area (Å²) in [5, 5.41) is 0. The van der Waals surface area contributed by atoms with Crippen molar-refractivity contribution in [1.82, 2.24) is 0 Å². The van der Waals surface area contributed by atoms with Crippen molar-refractivity contribution >= 4 is 20.2 Å². The van der Waals surface area contributed by atoms with Crippen LogP contribution in [-0.4, -0.2) is 52.1 Å². The summed E-state index contributed by atoms with van der Waals surface area (Å²) < 4.78 is 204. The molecule has 1 N–H and O–H groups in total. The summed E-state index contributed by atoms with van der Waals surface area (Å²) in [5.74, 6) is -6.11. The molecule has 0 aliphatic rings. The first kappa shape index (κ1) is 40.0. The van der Waals surface area contributed by atoms with Gasteiger partial charge in [-0.05, 0) is 42.5 Å². The third kappa shape index (κ3) is 10.1. The zero-order valence-corrected chi connectivity index (χ0v) is 26.2. The maximum Gasteiger partial charge on any atom is 0.438 e. The van der Waals surface area contributed by atoms with Crippen LogP contribution in [-0.2, 0) is 30.3 Å². The molecule has 0 aliphatic heterocycles. The molecular formula is C30H22F10O8S2. The third-order valence-electron chi connectivity index (χ3n) is 5.97. The molecular weight excluding hydrogens is 742 g/mol. The lowest BCUT2D eigenvalue weighted by molar-refractivity contribution is -0.319. The van der Waals surface area contributed by atoms with Crippen LogP contribution in [0, 0.1) is 0 Å². The van der Waals surface area contributed by atoms with Crippen LogP contribution in [0.1, 0.15) is 5.56 Å². The van der Waals surface area contributed by atoms with Gasteiger partial charge in [0.15, 0.2) is 0 Å². The fourth-order valence-corrected chi connectivity index (χ4v) is 5.43. The molecule has 0 aromatic heterocycles. The van der Waals surface area contributed by atoms with Crippen LogP contribution in [0.5, 0.6) is 11.5 Å². The van der Waals surface area contributed by atoms with Crippen molar-refractivity contribution < 1.29 is 78.9 Å². The summed E-state index contributed by atoms with van der Waals surface area (Å²) >= 11 is 0. The molecule has 4 rings (SSSR count). The molecule has 0 bridgehead atoms. The molecule has 4 aromatic carbocycles. The first-order chi connectivity index (χ1) is 23.0. The van der Waals surface area contributed by atoms with E-state index in [1.807, 2.05) is 0 Å². The monoisotopic (exact) mass is 764 g/mol. The molecule has 0 aliphatic carbocycles. The second kappa shape index (κ2) is 15.2. The zero-order valence-electron chi connectivity index (χ0n) is 24.5. The van der Waals surface area contributed by atoms with E-state index in [-0.39, 0.29) is 0 Å². The van der Waals surface area contributed by atoms with Gasteiger partial charge >= 0.3 is 34.4 Å². The third-order valence-corrected chi connectivity index (χ3v) is 8.18. The Labute approximate surface area is 277 Å².